The van der Waals surface area contributed by atoms with Gasteiger partial charge in [0, 0.05) is 0 Å². The molecule has 1 atom stereocenters. The predicted molar refractivity (Wildman–Crippen MR) is 67.6 cm³/mol. The van der Waals surface area contributed by atoms with Crippen molar-refractivity contribution < 1.29 is 13.9 Å². The number of carbonyl (C=O) groups is 1. The van der Waals surface area contributed by atoms with Crippen molar-refractivity contribution in [2.45, 2.75) is 50.7 Å². The van der Waals surface area contributed by atoms with Crippen molar-refractivity contribution in [3.63, 3.8) is 0 Å². The average Bonchev–Trinajstić information content (AvgIpc) is 2.31. The van der Waals surface area contributed by atoms with Crippen LogP contribution in [0.2, 0.25) is 0 Å². The number of esters is 1. The van der Waals surface area contributed by atoms with Gasteiger partial charge in [0.05, 0.1) is 13.8 Å². The topological polar surface area (TPSA) is 26.3 Å². The Morgan fingerprint density at radius 3 is 2.62 bits per heavy atom. The van der Waals surface area contributed by atoms with Crippen LogP contribution < -0.4 is 0 Å². The van der Waals surface area contributed by atoms with Gasteiger partial charge >= 0.3 is 5.97 Å². The molecule has 0 aliphatic carbocycles. The summed E-state index contributed by atoms with van der Waals surface area (Å²) in [5, 5.41) is -0.0591. The zero-order valence-corrected chi connectivity index (χ0v) is 11.2. The molecule has 0 aromatic heterocycles. The Labute approximate surface area is 102 Å². The van der Waals surface area contributed by atoms with Crippen molar-refractivity contribution in [1.82, 2.24) is 0 Å². The van der Waals surface area contributed by atoms with Crippen molar-refractivity contribution in [2.24, 2.45) is 0 Å². The summed E-state index contributed by atoms with van der Waals surface area (Å²) in [4.78, 5) is 11.5. The highest BCUT2D eigenvalue weighted by atomic mass is 32.2. The van der Waals surface area contributed by atoms with E-state index in [0.29, 0.717) is 6.42 Å². The molecule has 0 rings (SSSR count). The third-order valence-corrected chi connectivity index (χ3v) is 3.74. The number of unbranched alkanes of at least 4 members (excludes halogenated alkanes) is 3. The Bertz CT molecular complexity index is 176. The Morgan fingerprint density at radius 2 is 2.06 bits per heavy atom. The summed E-state index contributed by atoms with van der Waals surface area (Å²) in [6.07, 6.45) is 5.67. The summed E-state index contributed by atoms with van der Waals surface area (Å²) in [5.74, 6) is 0.705. The first-order valence-electron chi connectivity index (χ1n) is 6.01. The van der Waals surface area contributed by atoms with Gasteiger partial charge in [-0.25, -0.2) is 0 Å². The highest BCUT2D eigenvalue weighted by molar-refractivity contribution is 8.00. The minimum absolute atomic E-state index is 0.0591. The van der Waals surface area contributed by atoms with E-state index in [4.69, 9.17) is 4.74 Å². The number of methoxy groups -OCH3 is 1. The molecule has 0 N–H and O–H groups in total. The molecule has 0 amide bonds. The number of alkyl halides is 1. The van der Waals surface area contributed by atoms with E-state index in [-0.39, 0.29) is 17.9 Å². The Kier molecular flexibility index (Phi) is 11.1. The van der Waals surface area contributed by atoms with E-state index in [1.54, 1.807) is 11.8 Å². The average molecular weight is 250 g/mol. The largest absolute Gasteiger partial charge is 0.468 e. The van der Waals surface area contributed by atoms with E-state index < -0.39 is 0 Å². The fourth-order valence-electron chi connectivity index (χ4n) is 1.40. The van der Waals surface area contributed by atoms with Gasteiger partial charge in [0.2, 0.25) is 0 Å². The van der Waals surface area contributed by atoms with Crippen LogP contribution in [0.5, 0.6) is 0 Å². The van der Waals surface area contributed by atoms with Crippen LogP contribution in [-0.4, -0.2) is 30.8 Å². The lowest BCUT2D eigenvalue weighted by molar-refractivity contribution is -0.140. The third kappa shape index (κ3) is 7.97. The lowest BCUT2D eigenvalue weighted by Gasteiger charge is -2.13. The molecule has 0 radical (unpaired) electrons. The fraction of sp³-hybridized carbons (Fsp3) is 0.917. The van der Waals surface area contributed by atoms with Gasteiger partial charge in [-0.15, -0.1) is 11.8 Å². The second kappa shape index (κ2) is 11.2. The fourth-order valence-corrected chi connectivity index (χ4v) is 2.62. The molecular weight excluding hydrogens is 227 g/mol. The first-order valence-corrected chi connectivity index (χ1v) is 7.06. The van der Waals surface area contributed by atoms with Crippen molar-refractivity contribution in [2.75, 3.05) is 19.5 Å². The molecule has 1 unspecified atom stereocenters. The Morgan fingerprint density at radius 1 is 1.31 bits per heavy atom. The molecule has 0 fully saturated rings. The van der Waals surface area contributed by atoms with Crippen LogP contribution in [-0.2, 0) is 9.53 Å². The van der Waals surface area contributed by atoms with Gasteiger partial charge in [0.25, 0.3) is 0 Å². The van der Waals surface area contributed by atoms with E-state index >= 15 is 0 Å². The molecule has 0 aliphatic heterocycles. The van der Waals surface area contributed by atoms with Gasteiger partial charge in [-0.2, -0.15) is 0 Å². The van der Waals surface area contributed by atoms with E-state index in [1.165, 1.54) is 7.11 Å². The zero-order valence-electron chi connectivity index (χ0n) is 10.3. The van der Waals surface area contributed by atoms with Crippen LogP contribution >= 0.6 is 11.8 Å². The molecular formula is C12H23FO2S. The molecule has 4 heteroatoms. The van der Waals surface area contributed by atoms with Crippen molar-refractivity contribution >= 4 is 17.7 Å². The summed E-state index contributed by atoms with van der Waals surface area (Å²) in [6.45, 7) is 1.88. The minimum Gasteiger partial charge on any atom is -0.468 e. The van der Waals surface area contributed by atoms with Crippen molar-refractivity contribution in [1.29, 1.82) is 0 Å². The maximum Gasteiger partial charge on any atom is 0.318 e. The molecule has 0 bridgehead atoms. The molecule has 0 aliphatic rings. The standard InChI is InChI=1S/C12H23FO2S/c1-3-4-5-8-11(12(14)15-2)16-10-7-6-9-13/h11H,3-10H2,1-2H3. The lowest BCUT2D eigenvalue weighted by Crippen LogP contribution is -2.19. The van der Waals surface area contributed by atoms with E-state index in [9.17, 15) is 9.18 Å². The number of carbonyl (C=O) groups excluding carboxylic acids is 1. The summed E-state index contributed by atoms with van der Waals surface area (Å²) in [7, 11) is 1.43. The maximum atomic E-state index is 11.9. The molecule has 96 valence electrons. The molecule has 0 saturated heterocycles. The van der Waals surface area contributed by atoms with Gasteiger partial charge in [0.1, 0.15) is 5.25 Å². The number of ether oxygens (including phenoxy) is 1. The highest BCUT2D eigenvalue weighted by Crippen LogP contribution is 2.20. The first-order chi connectivity index (χ1) is 7.76. The minimum atomic E-state index is -0.265. The van der Waals surface area contributed by atoms with Gasteiger partial charge in [0.15, 0.2) is 0 Å². The summed E-state index contributed by atoms with van der Waals surface area (Å²) >= 11 is 1.60. The van der Waals surface area contributed by atoms with Crippen LogP contribution in [0.4, 0.5) is 4.39 Å². The van der Waals surface area contributed by atoms with Gasteiger partial charge in [-0.05, 0) is 25.0 Å². The first kappa shape index (κ1) is 15.8. The maximum absolute atomic E-state index is 11.9. The summed E-state index contributed by atoms with van der Waals surface area (Å²) in [5.41, 5.74) is 0. The van der Waals surface area contributed by atoms with Crippen molar-refractivity contribution in [3.8, 4) is 0 Å². The molecule has 0 saturated carbocycles. The molecule has 0 aromatic carbocycles. The summed E-state index contributed by atoms with van der Waals surface area (Å²) in [6, 6.07) is 0. The SMILES string of the molecule is CCCCCC(SCCCCF)C(=O)OC. The predicted octanol–water partition coefficient (Wildman–Crippen LogP) is 3.59. The van der Waals surface area contributed by atoms with Crippen LogP contribution in [0.15, 0.2) is 0 Å². The third-order valence-electron chi connectivity index (χ3n) is 2.38. The molecule has 0 spiro atoms. The smallest absolute Gasteiger partial charge is 0.318 e. The van der Waals surface area contributed by atoms with E-state index in [2.05, 4.69) is 6.92 Å². The van der Waals surface area contributed by atoms with Crippen LogP contribution in [0, 0.1) is 0 Å². The normalized spacial score (nSPS) is 12.4. The number of rotatable bonds is 10. The highest BCUT2D eigenvalue weighted by Gasteiger charge is 2.18. The summed E-state index contributed by atoms with van der Waals surface area (Å²) < 4.78 is 16.7. The van der Waals surface area contributed by atoms with Crippen LogP contribution in [0.1, 0.15) is 45.4 Å². The van der Waals surface area contributed by atoms with Crippen molar-refractivity contribution in [3.05, 3.63) is 0 Å². The molecule has 16 heavy (non-hydrogen) atoms. The van der Waals surface area contributed by atoms with E-state index in [1.807, 2.05) is 0 Å². The van der Waals surface area contributed by atoms with Crippen LogP contribution in [0.3, 0.4) is 0 Å². The van der Waals surface area contributed by atoms with Crippen LogP contribution in [0.25, 0.3) is 0 Å². The second-order valence-corrected chi connectivity index (χ2v) is 5.09. The Hall–Kier alpha value is -0.250. The molecule has 2 nitrogen and oxygen atoms in total. The molecule has 0 aromatic rings. The second-order valence-electron chi connectivity index (χ2n) is 3.77. The monoisotopic (exact) mass is 250 g/mol. The quantitative estimate of drug-likeness (QED) is 0.438. The van der Waals surface area contributed by atoms with E-state index in [0.717, 1.165) is 37.9 Å². The number of halogens is 1. The zero-order chi connectivity index (χ0) is 12.2. The number of hydrogen-bond donors (Lipinski definition) is 0. The lowest BCUT2D eigenvalue weighted by atomic mass is 10.1. The van der Waals surface area contributed by atoms with Gasteiger partial charge < -0.3 is 4.74 Å². The molecule has 0 heterocycles. The number of thioether (sulfide) groups is 1. The number of hydrogen-bond acceptors (Lipinski definition) is 3. The van der Waals surface area contributed by atoms with Gasteiger partial charge in [-0.3, -0.25) is 9.18 Å². The Balaban J connectivity index is 3.77. The van der Waals surface area contributed by atoms with Gasteiger partial charge in [-0.1, -0.05) is 26.2 Å².